The van der Waals surface area contributed by atoms with Crippen molar-refractivity contribution in [2.75, 3.05) is 35.6 Å². The Hall–Kier alpha value is -1.91. The van der Waals surface area contributed by atoms with Gasteiger partial charge in [-0.2, -0.15) is 0 Å². The number of nitrogens with one attached hydrogen (secondary N) is 1. The molecule has 1 aromatic rings. The molecule has 3 rings (SSSR count). The highest BCUT2D eigenvalue weighted by Crippen LogP contribution is 2.38. The van der Waals surface area contributed by atoms with Crippen LogP contribution in [-0.4, -0.2) is 25.6 Å². The number of hydrogen-bond donors (Lipinski definition) is 2. The highest BCUT2D eigenvalue weighted by Gasteiger charge is 2.24. The number of nitrogen functional groups attached to an aromatic ring is 1. The molecule has 18 heavy (non-hydrogen) atoms. The fourth-order valence-corrected chi connectivity index (χ4v) is 2.56. The molecule has 1 fully saturated rings. The lowest BCUT2D eigenvalue weighted by atomic mass is 10.1. The van der Waals surface area contributed by atoms with E-state index in [1.54, 1.807) is 6.07 Å². The Bertz CT molecular complexity index is 501. The highest BCUT2D eigenvalue weighted by molar-refractivity contribution is 5.97. The molecule has 96 valence electrons. The maximum Gasteiger partial charge on any atom is 0.262 e. The summed E-state index contributed by atoms with van der Waals surface area (Å²) in [5.74, 6) is 1.22. The summed E-state index contributed by atoms with van der Waals surface area (Å²) in [5.41, 5.74) is 8.48. The van der Waals surface area contributed by atoms with Crippen LogP contribution in [0.4, 0.5) is 17.1 Å². The molecule has 5 heteroatoms. The number of nitrogens with zero attached hydrogens (tertiary/aromatic N) is 1. The van der Waals surface area contributed by atoms with Crippen molar-refractivity contribution in [2.24, 2.45) is 5.92 Å². The van der Waals surface area contributed by atoms with E-state index in [0.717, 1.165) is 24.5 Å². The van der Waals surface area contributed by atoms with E-state index in [2.05, 4.69) is 17.1 Å². The summed E-state index contributed by atoms with van der Waals surface area (Å²) < 4.78 is 5.34. The first-order chi connectivity index (χ1) is 8.63. The number of hydrogen-bond acceptors (Lipinski definition) is 4. The number of carbonyl (C=O) groups is 1. The second kappa shape index (κ2) is 4.08. The topological polar surface area (TPSA) is 67.6 Å². The predicted octanol–water partition coefficient (Wildman–Crippen LogP) is 1.45. The van der Waals surface area contributed by atoms with E-state index in [4.69, 9.17) is 10.5 Å². The maximum atomic E-state index is 11.3. The molecule has 1 amide bonds. The molecule has 2 aliphatic rings. The summed E-state index contributed by atoms with van der Waals surface area (Å²) >= 11 is 0. The van der Waals surface area contributed by atoms with Gasteiger partial charge in [-0.3, -0.25) is 4.79 Å². The average Bonchev–Trinajstić information content (AvgIpc) is 2.75. The molecule has 0 bridgehead atoms. The first kappa shape index (κ1) is 11.2. The van der Waals surface area contributed by atoms with Gasteiger partial charge in [0.05, 0.1) is 17.1 Å². The predicted molar refractivity (Wildman–Crippen MR) is 71.0 cm³/mol. The van der Waals surface area contributed by atoms with Crippen LogP contribution in [0.2, 0.25) is 0 Å². The summed E-state index contributed by atoms with van der Waals surface area (Å²) in [4.78, 5) is 13.6. The molecule has 2 heterocycles. The van der Waals surface area contributed by atoms with Crippen LogP contribution in [0, 0.1) is 5.92 Å². The molecule has 2 aliphatic heterocycles. The minimum atomic E-state index is -0.118. The third-order valence-corrected chi connectivity index (χ3v) is 3.53. The third-order valence-electron chi connectivity index (χ3n) is 3.53. The number of benzene rings is 1. The van der Waals surface area contributed by atoms with Crippen molar-refractivity contribution >= 4 is 23.0 Å². The summed E-state index contributed by atoms with van der Waals surface area (Å²) in [6.07, 6.45) is 1.18. The van der Waals surface area contributed by atoms with Gasteiger partial charge in [-0.05, 0) is 18.4 Å². The summed E-state index contributed by atoms with van der Waals surface area (Å²) in [6, 6.07) is 3.72. The summed E-state index contributed by atoms with van der Waals surface area (Å²) in [5, 5.41) is 2.82. The van der Waals surface area contributed by atoms with E-state index in [9.17, 15) is 4.79 Å². The Morgan fingerprint density at radius 2 is 2.33 bits per heavy atom. The van der Waals surface area contributed by atoms with Crippen molar-refractivity contribution in [1.29, 1.82) is 0 Å². The Kier molecular flexibility index (Phi) is 2.54. The van der Waals surface area contributed by atoms with Gasteiger partial charge in [-0.1, -0.05) is 6.92 Å². The van der Waals surface area contributed by atoms with E-state index in [0.29, 0.717) is 17.4 Å². The maximum absolute atomic E-state index is 11.3. The number of rotatable bonds is 1. The largest absolute Gasteiger partial charge is 0.482 e. The van der Waals surface area contributed by atoms with Crippen LogP contribution >= 0.6 is 0 Å². The van der Waals surface area contributed by atoms with Crippen LogP contribution in [0.3, 0.4) is 0 Å². The highest BCUT2D eigenvalue weighted by atomic mass is 16.5. The minimum absolute atomic E-state index is 0.0620. The second-order valence-electron chi connectivity index (χ2n) is 5.08. The molecule has 0 spiro atoms. The van der Waals surface area contributed by atoms with Gasteiger partial charge in [0.2, 0.25) is 0 Å². The normalized spacial score (nSPS) is 22.4. The van der Waals surface area contributed by atoms with Gasteiger partial charge in [0, 0.05) is 19.2 Å². The zero-order valence-electron chi connectivity index (χ0n) is 10.4. The standard InChI is InChI=1S/C13H17N3O2/c1-8-2-3-16(6-8)11-5-10-12(4-9(11)14)18-7-13(17)15-10/h4-5,8H,2-3,6-7,14H2,1H3,(H,15,17). The molecule has 0 radical (unpaired) electrons. The van der Waals surface area contributed by atoms with Gasteiger partial charge >= 0.3 is 0 Å². The molecule has 1 unspecified atom stereocenters. The van der Waals surface area contributed by atoms with Crippen molar-refractivity contribution in [3.05, 3.63) is 12.1 Å². The minimum Gasteiger partial charge on any atom is -0.482 e. The molecule has 1 aromatic carbocycles. The quantitative estimate of drug-likeness (QED) is 0.737. The number of anilines is 3. The first-order valence-corrected chi connectivity index (χ1v) is 6.24. The fourth-order valence-electron chi connectivity index (χ4n) is 2.56. The number of ether oxygens (including phenoxy) is 1. The summed E-state index contributed by atoms with van der Waals surface area (Å²) in [7, 11) is 0. The molecule has 1 saturated heterocycles. The first-order valence-electron chi connectivity index (χ1n) is 6.24. The molecule has 0 aromatic heterocycles. The number of carbonyl (C=O) groups excluding carboxylic acids is 1. The Morgan fingerprint density at radius 1 is 1.50 bits per heavy atom. The molecular formula is C13H17N3O2. The lowest BCUT2D eigenvalue weighted by Gasteiger charge is -2.24. The van der Waals surface area contributed by atoms with E-state index in [1.165, 1.54) is 6.42 Å². The van der Waals surface area contributed by atoms with Crippen molar-refractivity contribution in [2.45, 2.75) is 13.3 Å². The monoisotopic (exact) mass is 247 g/mol. The molecule has 1 atom stereocenters. The second-order valence-corrected chi connectivity index (χ2v) is 5.08. The molecule has 5 nitrogen and oxygen atoms in total. The lowest BCUT2D eigenvalue weighted by molar-refractivity contribution is -0.118. The average molecular weight is 247 g/mol. The number of nitrogens with two attached hydrogens (primary N) is 1. The Morgan fingerprint density at radius 3 is 3.06 bits per heavy atom. The van der Waals surface area contributed by atoms with Crippen molar-refractivity contribution in [3.8, 4) is 5.75 Å². The van der Waals surface area contributed by atoms with E-state index >= 15 is 0 Å². The SMILES string of the molecule is CC1CCN(c2cc3c(cc2N)OCC(=O)N3)C1. The Balaban J connectivity index is 1.95. The molecule has 0 aliphatic carbocycles. The van der Waals surface area contributed by atoms with Gasteiger partial charge in [0.15, 0.2) is 6.61 Å². The lowest BCUT2D eigenvalue weighted by Crippen LogP contribution is -2.26. The molecular weight excluding hydrogens is 230 g/mol. The van der Waals surface area contributed by atoms with Crippen molar-refractivity contribution < 1.29 is 9.53 Å². The zero-order valence-corrected chi connectivity index (χ0v) is 10.4. The smallest absolute Gasteiger partial charge is 0.262 e. The van der Waals surface area contributed by atoms with Crippen LogP contribution in [0.15, 0.2) is 12.1 Å². The molecule has 3 N–H and O–H groups in total. The zero-order chi connectivity index (χ0) is 12.7. The van der Waals surface area contributed by atoms with Crippen LogP contribution < -0.4 is 20.7 Å². The Labute approximate surface area is 106 Å². The van der Waals surface area contributed by atoms with E-state index < -0.39 is 0 Å². The summed E-state index contributed by atoms with van der Waals surface area (Å²) in [6.45, 7) is 4.32. The van der Waals surface area contributed by atoms with Crippen LogP contribution in [0.1, 0.15) is 13.3 Å². The van der Waals surface area contributed by atoms with Gasteiger partial charge in [0.25, 0.3) is 5.91 Å². The van der Waals surface area contributed by atoms with Crippen LogP contribution in [0.25, 0.3) is 0 Å². The molecule has 0 saturated carbocycles. The van der Waals surface area contributed by atoms with E-state index in [1.807, 2.05) is 6.07 Å². The van der Waals surface area contributed by atoms with Crippen LogP contribution in [0.5, 0.6) is 5.75 Å². The number of fused-ring (bicyclic) bond motifs is 1. The van der Waals surface area contributed by atoms with E-state index in [-0.39, 0.29) is 12.5 Å². The van der Waals surface area contributed by atoms with Gasteiger partial charge in [-0.25, -0.2) is 0 Å². The van der Waals surface area contributed by atoms with Gasteiger partial charge in [0.1, 0.15) is 5.75 Å². The van der Waals surface area contributed by atoms with Crippen molar-refractivity contribution in [3.63, 3.8) is 0 Å². The van der Waals surface area contributed by atoms with Crippen molar-refractivity contribution in [1.82, 2.24) is 0 Å². The fraction of sp³-hybridized carbons (Fsp3) is 0.462. The number of amides is 1. The van der Waals surface area contributed by atoms with Gasteiger partial charge < -0.3 is 20.7 Å². The van der Waals surface area contributed by atoms with Crippen LogP contribution in [-0.2, 0) is 4.79 Å². The van der Waals surface area contributed by atoms with Gasteiger partial charge in [-0.15, -0.1) is 0 Å². The third kappa shape index (κ3) is 1.85.